The molecule has 0 aromatic heterocycles. The average molecular weight is 478 g/mol. The lowest BCUT2D eigenvalue weighted by atomic mass is 10.1. The molecule has 176 valence electrons. The zero-order valence-electron chi connectivity index (χ0n) is 18.9. The van der Waals surface area contributed by atoms with Crippen LogP contribution in [0.2, 0.25) is 0 Å². The predicted molar refractivity (Wildman–Crippen MR) is 136 cm³/mol. The SMILES string of the molecule is CNC(=O)CCc1ccc(NC(=S)NC(=O)c2ccc(OCCOc3ccccc3)cc2)cc1. The van der Waals surface area contributed by atoms with Gasteiger partial charge in [0.2, 0.25) is 5.91 Å². The lowest BCUT2D eigenvalue weighted by Crippen LogP contribution is -2.34. The smallest absolute Gasteiger partial charge is 0.257 e. The van der Waals surface area contributed by atoms with Crippen molar-refractivity contribution in [3.05, 3.63) is 90.0 Å². The monoisotopic (exact) mass is 477 g/mol. The maximum Gasteiger partial charge on any atom is 0.257 e. The summed E-state index contributed by atoms with van der Waals surface area (Å²) in [5.74, 6) is 1.12. The minimum absolute atomic E-state index is 0.00256. The molecule has 3 aromatic rings. The molecule has 0 bridgehead atoms. The number of hydrogen-bond acceptors (Lipinski definition) is 5. The standard InChI is InChI=1S/C26H27N3O4S/c1-27-24(30)16-9-19-7-12-21(13-8-19)28-26(34)29-25(31)20-10-14-23(15-11-20)33-18-17-32-22-5-3-2-4-6-22/h2-8,10-15H,9,16-18H2,1H3,(H,27,30)(H2,28,29,31,34). The molecule has 0 unspecified atom stereocenters. The molecule has 34 heavy (non-hydrogen) atoms. The van der Waals surface area contributed by atoms with E-state index in [-0.39, 0.29) is 16.9 Å². The Morgan fingerprint density at radius 3 is 2.06 bits per heavy atom. The van der Waals surface area contributed by atoms with Crippen molar-refractivity contribution in [2.45, 2.75) is 12.8 Å². The van der Waals surface area contributed by atoms with Crippen molar-refractivity contribution in [1.82, 2.24) is 10.6 Å². The number of amides is 2. The predicted octanol–water partition coefficient (Wildman–Crippen LogP) is 3.95. The topological polar surface area (TPSA) is 88.7 Å². The Labute approximate surface area is 204 Å². The summed E-state index contributed by atoms with van der Waals surface area (Å²) in [4.78, 5) is 23.8. The zero-order chi connectivity index (χ0) is 24.2. The van der Waals surface area contributed by atoms with E-state index in [0.717, 1.165) is 17.0 Å². The molecule has 3 N–H and O–H groups in total. The zero-order valence-corrected chi connectivity index (χ0v) is 19.7. The fourth-order valence-corrected chi connectivity index (χ4v) is 3.22. The van der Waals surface area contributed by atoms with Gasteiger partial charge >= 0.3 is 0 Å². The van der Waals surface area contributed by atoms with E-state index in [1.165, 1.54) is 0 Å². The number of ether oxygens (including phenoxy) is 2. The largest absolute Gasteiger partial charge is 0.490 e. The van der Waals surface area contributed by atoms with Crippen LogP contribution < -0.4 is 25.4 Å². The highest BCUT2D eigenvalue weighted by molar-refractivity contribution is 7.80. The van der Waals surface area contributed by atoms with E-state index in [1.807, 2.05) is 54.6 Å². The number of thiocarbonyl (C=S) groups is 1. The molecule has 0 aliphatic heterocycles. The number of benzene rings is 3. The van der Waals surface area contributed by atoms with E-state index < -0.39 is 0 Å². The maximum atomic E-state index is 12.5. The number of aryl methyl sites for hydroxylation is 1. The molecular formula is C26H27N3O4S. The van der Waals surface area contributed by atoms with Crippen LogP contribution in [0.25, 0.3) is 0 Å². The third-order valence-corrected chi connectivity index (χ3v) is 5.04. The van der Waals surface area contributed by atoms with Gasteiger partial charge in [0.15, 0.2) is 5.11 Å². The van der Waals surface area contributed by atoms with Gasteiger partial charge in [-0.05, 0) is 72.7 Å². The number of anilines is 1. The lowest BCUT2D eigenvalue weighted by Gasteiger charge is -2.11. The number of carbonyl (C=O) groups is 2. The number of hydrogen-bond donors (Lipinski definition) is 3. The summed E-state index contributed by atoms with van der Waals surface area (Å²) in [7, 11) is 1.62. The number of nitrogens with one attached hydrogen (secondary N) is 3. The molecule has 3 rings (SSSR count). The Morgan fingerprint density at radius 1 is 0.824 bits per heavy atom. The fourth-order valence-electron chi connectivity index (χ4n) is 3.01. The lowest BCUT2D eigenvalue weighted by molar-refractivity contribution is -0.120. The van der Waals surface area contributed by atoms with Crippen molar-refractivity contribution in [2.75, 3.05) is 25.6 Å². The van der Waals surface area contributed by atoms with Gasteiger partial charge in [0, 0.05) is 24.7 Å². The van der Waals surface area contributed by atoms with Gasteiger partial charge in [-0.15, -0.1) is 0 Å². The van der Waals surface area contributed by atoms with E-state index in [1.54, 1.807) is 31.3 Å². The van der Waals surface area contributed by atoms with Gasteiger partial charge in [0.25, 0.3) is 5.91 Å². The van der Waals surface area contributed by atoms with Crippen LogP contribution in [0.15, 0.2) is 78.9 Å². The van der Waals surface area contributed by atoms with Crippen LogP contribution in [-0.2, 0) is 11.2 Å². The summed E-state index contributed by atoms with van der Waals surface area (Å²) in [6.45, 7) is 0.806. The molecule has 0 aliphatic rings. The van der Waals surface area contributed by atoms with Crippen molar-refractivity contribution in [3.8, 4) is 11.5 Å². The summed E-state index contributed by atoms with van der Waals surface area (Å²) in [5, 5.41) is 8.45. The van der Waals surface area contributed by atoms with E-state index in [9.17, 15) is 9.59 Å². The van der Waals surface area contributed by atoms with Crippen LogP contribution in [0.3, 0.4) is 0 Å². The first-order valence-electron chi connectivity index (χ1n) is 10.9. The second-order valence-electron chi connectivity index (χ2n) is 7.31. The van der Waals surface area contributed by atoms with E-state index in [0.29, 0.717) is 37.4 Å². The summed E-state index contributed by atoms with van der Waals surface area (Å²) < 4.78 is 11.2. The molecule has 8 heteroatoms. The molecule has 0 heterocycles. The Balaban J connectivity index is 1.40. The van der Waals surface area contributed by atoms with Gasteiger partial charge in [0.1, 0.15) is 24.7 Å². The van der Waals surface area contributed by atoms with Crippen LogP contribution in [-0.4, -0.2) is 37.2 Å². The van der Waals surface area contributed by atoms with Crippen LogP contribution >= 0.6 is 12.2 Å². The van der Waals surface area contributed by atoms with Crippen molar-refractivity contribution >= 4 is 34.8 Å². The second kappa shape index (κ2) is 13.0. The summed E-state index contributed by atoms with van der Waals surface area (Å²) in [5.41, 5.74) is 2.25. The first kappa shape index (κ1) is 24.7. The van der Waals surface area contributed by atoms with Gasteiger partial charge in [-0.25, -0.2) is 0 Å². The van der Waals surface area contributed by atoms with Gasteiger partial charge < -0.3 is 20.1 Å². The Bertz CT molecular complexity index is 1090. The fraction of sp³-hybridized carbons (Fsp3) is 0.192. The Hall–Kier alpha value is -3.91. The number of carbonyl (C=O) groups excluding carboxylic acids is 2. The molecule has 0 saturated heterocycles. The van der Waals surface area contributed by atoms with Gasteiger partial charge in [-0.2, -0.15) is 0 Å². The third-order valence-electron chi connectivity index (χ3n) is 4.84. The summed E-state index contributed by atoms with van der Waals surface area (Å²) in [6, 6.07) is 23.9. The van der Waals surface area contributed by atoms with Crippen molar-refractivity contribution in [2.24, 2.45) is 0 Å². The van der Waals surface area contributed by atoms with E-state index in [2.05, 4.69) is 16.0 Å². The van der Waals surface area contributed by atoms with Crippen LogP contribution in [0, 0.1) is 0 Å². The molecule has 0 radical (unpaired) electrons. The minimum atomic E-state index is -0.321. The van der Waals surface area contributed by atoms with Crippen molar-refractivity contribution in [1.29, 1.82) is 0 Å². The molecule has 0 aliphatic carbocycles. The Kier molecular flexibility index (Phi) is 9.42. The summed E-state index contributed by atoms with van der Waals surface area (Å²) in [6.07, 6.45) is 1.09. The second-order valence-corrected chi connectivity index (χ2v) is 7.72. The number of rotatable bonds is 10. The molecule has 3 aromatic carbocycles. The maximum absolute atomic E-state index is 12.5. The minimum Gasteiger partial charge on any atom is -0.490 e. The van der Waals surface area contributed by atoms with Crippen molar-refractivity contribution < 1.29 is 19.1 Å². The Morgan fingerprint density at radius 2 is 1.44 bits per heavy atom. The van der Waals surface area contributed by atoms with Crippen LogP contribution in [0.4, 0.5) is 5.69 Å². The quantitative estimate of drug-likeness (QED) is 0.303. The van der Waals surface area contributed by atoms with E-state index in [4.69, 9.17) is 21.7 Å². The highest BCUT2D eigenvalue weighted by Gasteiger charge is 2.09. The average Bonchev–Trinajstić information content (AvgIpc) is 2.87. The van der Waals surface area contributed by atoms with Gasteiger partial charge in [0.05, 0.1) is 0 Å². The first-order chi connectivity index (χ1) is 16.5. The first-order valence-corrected chi connectivity index (χ1v) is 11.3. The highest BCUT2D eigenvalue weighted by atomic mass is 32.1. The molecule has 0 spiro atoms. The van der Waals surface area contributed by atoms with Gasteiger partial charge in [-0.3, -0.25) is 14.9 Å². The van der Waals surface area contributed by atoms with Gasteiger partial charge in [-0.1, -0.05) is 30.3 Å². The molecule has 2 amide bonds. The molecule has 0 atom stereocenters. The van der Waals surface area contributed by atoms with Crippen LogP contribution in [0.5, 0.6) is 11.5 Å². The molecule has 0 saturated carbocycles. The molecular weight excluding hydrogens is 450 g/mol. The molecule has 0 fully saturated rings. The third kappa shape index (κ3) is 8.22. The highest BCUT2D eigenvalue weighted by Crippen LogP contribution is 2.14. The van der Waals surface area contributed by atoms with Crippen molar-refractivity contribution in [3.63, 3.8) is 0 Å². The number of para-hydroxylation sites is 1. The van der Waals surface area contributed by atoms with E-state index >= 15 is 0 Å². The normalized spacial score (nSPS) is 10.1. The van der Waals surface area contributed by atoms with Crippen LogP contribution in [0.1, 0.15) is 22.3 Å². The molecule has 7 nitrogen and oxygen atoms in total. The summed E-state index contributed by atoms with van der Waals surface area (Å²) >= 11 is 5.25.